The second-order valence-electron chi connectivity index (χ2n) is 5.23. The second-order valence-corrected chi connectivity index (χ2v) is 5.23. The van der Waals surface area contributed by atoms with Gasteiger partial charge in [0.2, 0.25) is 5.60 Å². The zero-order valence-electron chi connectivity index (χ0n) is 12.1. The third kappa shape index (κ3) is 2.29. The Labute approximate surface area is 134 Å². The zero-order chi connectivity index (χ0) is 17.5. The van der Waals surface area contributed by atoms with Crippen molar-refractivity contribution < 1.29 is 29.6 Å². The maximum absolute atomic E-state index is 10.6. The van der Waals surface area contributed by atoms with Crippen LogP contribution in [-0.2, 0) is 9.47 Å². The number of aliphatic hydroxyl groups excluding tert-OH is 2. The lowest BCUT2D eigenvalue weighted by Gasteiger charge is -2.23. The Morgan fingerprint density at radius 3 is 2.96 bits per heavy atom. The number of aromatic nitrogens is 3. The molecule has 0 amide bonds. The highest BCUT2D eigenvalue weighted by Gasteiger charge is 2.57. The topological polar surface area (TPSA) is 176 Å². The first-order valence-corrected chi connectivity index (χ1v) is 6.78. The molecule has 0 aromatic carbocycles. The third-order valence-electron chi connectivity index (χ3n) is 3.85. The summed E-state index contributed by atoms with van der Waals surface area (Å²) in [7, 11) is 0. The van der Waals surface area contributed by atoms with Gasteiger partial charge in [-0.15, -0.1) is 0 Å². The van der Waals surface area contributed by atoms with E-state index in [1.165, 1.54) is 10.8 Å². The van der Waals surface area contributed by atoms with Gasteiger partial charge in [0.1, 0.15) is 42.8 Å². The summed E-state index contributed by atoms with van der Waals surface area (Å²) in [6, 6.07) is 4.82. The van der Waals surface area contributed by atoms with Gasteiger partial charge in [0.15, 0.2) is 5.82 Å². The first-order chi connectivity index (χ1) is 11.4. The summed E-state index contributed by atoms with van der Waals surface area (Å²) < 4.78 is 11.2. The molecule has 1 saturated heterocycles. The molecule has 1 fully saturated rings. The summed E-state index contributed by atoms with van der Waals surface area (Å²) in [5.41, 5.74) is 4.46. The van der Waals surface area contributed by atoms with Gasteiger partial charge in [-0.1, -0.05) is 0 Å². The number of nitriles is 1. The molecule has 11 heteroatoms. The fraction of sp³-hybridized carbons (Fsp3) is 0.385. The van der Waals surface area contributed by atoms with Gasteiger partial charge in [0.25, 0.3) is 0 Å². The van der Waals surface area contributed by atoms with Crippen LogP contribution in [0.2, 0.25) is 0 Å². The van der Waals surface area contributed by atoms with Crippen molar-refractivity contribution in [3.63, 3.8) is 0 Å². The summed E-state index contributed by atoms with van der Waals surface area (Å²) in [5.74, 6) is 0.199. The maximum Gasteiger partial charge on any atom is 0.505 e. The fourth-order valence-electron chi connectivity index (χ4n) is 2.64. The molecular formula is C13H13N5O6. The van der Waals surface area contributed by atoms with Gasteiger partial charge in [-0.2, -0.15) is 10.4 Å². The van der Waals surface area contributed by atoms with Crippen molar-refractivity contribution >= 4 is 17.5 Å². The molecule has 0 radical (unpaired) electrons. The maximum atomic E-state index is 10.6. The predicted molar refractivity (Wildman–Crippen MR) is 75.6 cm³/mol. The summed E-state index contributed by atoms with van der Waals surface area (Å²) in [5, 5.41) is 42.4. The van der Waals surface area contributed by atoms with Crippen LogP contribution >= 0.6 is 0 Å². The number of aliphatic hydroxyl groups is 2. The number of nitrogen functional groups attached to an aromatic ring is 1. The standard InChI is InChI=1S/C13H13N5O6/c14-3-13(4-23-12(21)22)10(20)8(19)9(24-13)6-1-2-7-11(15)16-5-17-18(6)7/h1-2,5,8-10,19-20H,4H2,(H,21,22)(H2,15,16,17)/t8-,9-,10-,13+/m0/s1. The molecule has 3 heterocycles. The molecule has 1 aliphatic rings. The highest BCUT2D eigenvalue weighted by Crippen LogP contribution is 2.40. The monoisotopic (exact) mass is 335 g/mol. The number of carbonyl (C=O) groups is 1. The van der Waals surface area contributed by atoms with E-state index in [0.717, 1.165) is 0 Å². The van der Waals surface area contributed by atoms with E-state index in [0.29, 0.717) is 11.2 Å². The predicted octanol–water partition coefficient (Wildman–Crippen LogP) is -0.938. The Morgan fingerprint density at radius 2 is 2.29 bits per heavy atom. The number of nitrogens with zero attached hydrogens (tertiary/aromatic N) is 4. The Morgan fingerprint density at radius 1 is 1.54 bits per heavy atom. The second kappa shape index (κ2) is 5.60. The van der Waals surface area contributed by atoms with E-state index >= 15 is 0 Å². The molecule has 0 spiro atoms. The van der Waals surface area contributed by atoms with Gasteiger partial charge in [-0.3, -0.25) is 0 Å². The molecule has 3 rings (SSSR count). The van der Waals surface area contributed by atoms with Crippen molar-refractivity contribution in [1.82, 2.24) is 14.6 Å². The third-order valence-corrected chi connectivity index (χ3v) is 3.85. The first-order valence-electron chi connectivity index (χ1n) is 6.78. The van der Waals surface area contributed by atoms with Crippen LogP contribution in [0.5, 0.6) is 0 Å². The van der Waals surface area contributed by atoms with Crippen molar-refractivity contribution in [3.05, 3.63) is 24.2 Å². The highest BCUT2D eigenvalue weighted by atomic mass is 16.7. The van der Waals surface area contributed by atoms with Crippen molar-refractivity contribution in [2.45, 2.75) is 23.9 Å². The number of fused-ring (bicyclic) bond motifs is 1. The average molecular weight is 335 g/mol. The van der Waals surface area contributed by atoms with Crippen LogP contribution in [-0.4, -0.2) is 60.5 Å². The van der Waals surface area contributed by atoms with E-state index in [2.05, 4.69) is 14.8 Å². The first kappa shape index (κ1) is 15.9. The number of nitrogens with two attached hydrogens (primary N) is 1. The van der Waals surface area contributed by atoms with Crippen LogP contribution in [0.4, 0.5) is 10.6 Å². The molecule has 5 N–H and O–H groups in total. The van der Waals surface area contributed by atoms with Crippen LogP contribution in [0, 0.1) is 11.3 Å². The van der Waals surface area contributed by atoms with E-state index in [1.807, 2.05) is 0 Å². The van der Waals surface area contributed by atoms with E-state index in [1.54, 1.807) is 18.2 Å². The lowest BCUT2D eigenvalue weighted by atomic mass is 9.96. The normalized spacial score (nSPS) is 29.5. The smallest absolute Gasteiger partial charge is 0.450 e. The van der Waals surface area contributed by atoms with Crippen LogP contribution < -0.4 is 5.73 Å². The molecule has 126 valence electrons. The molecule has 2 aromatic heterocycles. The minimum atomic E-state index is -2.04. The zero-order valence-corrected chi connectivity index (χ0v) is 12.1. The van der Waals surface area contributed by atoms with Crippen LogP contribution in [0.3, 0.4) is 0 Å². The van der Waals surface area contributed by atoms with Gasteiger partial charge in [0, 0.05) is 0 Å². The Balaban J connectivity index is 1.98. The van der Waals surface area contributed by atoms with E-state index < -0.39 is 36.7 Å². The summed E-state index contributed by atoms with van der Waals surface area (Å²) in [6.07, 6.45) is -4.76. The van der Waals surface area contributed by atoms with E-state index in [4.69, 9.17) is 15.6 Å². The number of rotatable bonds is 3. The molecule has 0 saturated carbocycles. The molecule has 24 heavy (non-hydrogen) atoms. The van der Waals surface area contributed by atoms with Crippen molar-refractivity contribution in [1.29, 1.82) is 5.26 Å². The lowest BCUT2D eigenvalue weighted by molar-refractivity contribution is -0.0824. The van der Waals surface area contributed by atoms with Gasteiger partial charge in [0.05, 0.1) is 5.69 Å². The number of ether oxygens (including phenoxy) is 2. The largest absolute Gasteiger partial charge is 0.505 e. The van der Waals surface area contributed by atoms with Gasteiger partial charge < -0.3 is 30.5 Å². The minimum Gasteiger partial charge on any atom is -0.450 e. The molecule has 2 aromatic rings. The van der Waals surface area contributed by atoms with Gasteiger partial charge in [-0.05, 0) is 12.1 Å². The molecular weight excluding hydrogens is 322 g/mol. The van der Waals surface area contributed by atoms with Crippen LogP contribution in [0.15, 0.2) is 18.5 Å². The molecule has 11 nitrogen and oxygen atoms in total. The van der Waals surface area contributed by atoms with E-state index in [9.17, 15) is 20.3 Å². The van der Waals surface area contributed by atoms with Gasteiger partial charge >= 0.3 is 6.16 Å². The number of hydrogen-bond acceptors (Lipinski definition) is 9. The molecule has 1 aliphatic heterocycles. The Hall–Kier alpha value is -2.94. The quantitative estimate of drug-likeness (QED) is 0.512. The molecule has 4 atom stereocenters. The van der Waals surface area contributed by atoms with E-state index in [-0.39, 0.29) is 5.82 Å². The van der Waals surface area contributed by atoms with Crippen LogP contribution in [0.1, 0.15) is 11.8 Å². The summed E-state index contributed by atoms with van der Waals surface area (Å²) >= 11 is 0. The Kier molecular flexibility index (Phi) is 3.72. The SMILES string of the molecule is N#C[C@]1(COC(=O)O)O[C@@H](c2ccc3c(N)ncnn23)[C@H](O)[C@@H]1O. The lowest BCUT2D eigenvalue weighted by Crippen LogP contribution is -2.46. The number of hydrogen-bond donors (Lipinski definition) is 4. The molecule has 0 bridgehead atoms. The number of carboxylic acid groups (broad SMARTS) is 1. The Bertz CT molecular complexity index is 832. The minimum absolute atomic E-state index is 0.199. The summed E-state index contributed by atoms with van der Waals surface area (Å²) in [6.45, 7) is -0.756. The van der Waals surface area contributed by atoms with Crippen LogP contribution in [0.25, 0.3) is 5.52 Å². The van der Waals surface area contributed by atoms with Crippen molar-refractivity contribution in [2.75, 3.05) is 12.3 Å². The highest BCUT2D eigenvalue weighted by molar-refractivity contribution is 5.65. The van der Waals surface area contributed by atoms with Gasteiger partial charge in [-0.25, -0.2) is 14.3 Å². The molecule has 0 aliphatic carbocycles. The summed E-state index contributed by atoms with van der Waals surface area (Å²) in [4.78, 5) is 14.4. The van der Waals surface area contributed by atoms with Crippen molar-refractivity contribution in [2.24, 2.45) is 0 Å². The number of anilines is 1. The molecule has 0 unspecified atom stereocenters. The average Bonchev–Trinajstić information content (AvgIpc) is 3.09. The fourth-order valence-corrected chi connectivity index (χ4v) is 2.64. The van der Waals surface area contributed by atoms with Crippen molar-refractivity contribution in [3.8, 4) is 6.07 Å².